The van der Waals surface area contributed by atoms with Crippen LogP contribution in [0.3, 0.4) is 0 Å². The zero-order valence-electron chi connectivity index (χ0n) is 15.5. The minimum Gasteiger partial charge on any atom is -0.336 e. The van der Waals surface area contributed by atoms with Crippen LogP contribution in [0.25, 0.3) is 0 Å². The number of amides is 4. The molecule has 2 fully saturated rings. The molecule has 0 radical (unpaired) electrons. The van der Waals surface area contributed by atoms with Gasteiger partial charge in [-0.05, 0) is 38.5 Å². The fourth-order valence-corrected chi connectivity index (χ4v) is 3.59. The number of nitrogens with zero attached hydrogens (tertiary/aromatic N) is 2. The summed E-state index contributed by atoms with van der Waals surface area (Å²) in [5.74, 6) is -0.847. The standard InChI is InChI=1S/C18H28N4O3/c1-12(2)17(3,11-19)20-14(23)10-22-15(24)18(4,21-16(22)25)13-8-6-5-7-9-13/h12-13H,5-10H2,1-4H3,(H,20,23)(H,21,25)/t17-,18+/m0/s1. The topological polar surface area (TPSA) is 102 Å². The second kappa shape index (κ2) is 7.03. The summed E-state index contributed by atoms with van der Waals surface area (Å²) in [4.78, 5) is 38.4. The van der Waals surface area contributed by atoms with Crippen molar-refractivity contribution in [2.45, 2.75) is 70.9 Å². The molecule has 7 nitrogen and oxygen atoms in total. The molecule has 0 unspecified atom stereocenters. The van der Waals surface area contributed by atoms with Gasteiger partial charge in [0.1, 0.15) is 17.6 Å². The Labute approximate surface area is 149 Å². The van der Waals surface area contributed by atoms with Crippen LogP contribution in [0.4, 0.5) is 4.79 Å². The molecule has 1 heterocycles. The first kappa shape index (κ1) is 19.2. The highest BCUT2D eigenvalue weighted by atomic mass is 16.2. The number of hydrogen-bond acceptors (Lipinski definition) is 4. The van der Waals surface area contributed by atoms with Crippen molar-refractivity contribution in [2.75, 3.05) is 6.54 Å². The predicted octanol–water partition coefficient (Wildman–Crippen LogP) is 1.93. The van der Waals surface area contributed by atoms with Gasteiger partial charge in [0.05, 0.1) is 6.07 Å². The van der Waals surface area contributed by atoms with Crippen LogP contribution in [0.15, 0.2) is 0 Å². The molecule has 2 N–H and O–H groups in total. The van der Waals surface area contributed by atoms with Crippen molar-refractivity contribution in [2.24, 2.45) is 11.8 Å². The van der Waals surface area contributed by atoms with Crippen molar-refractivity contribution in [1.82, 2.24) is 15.5 Å². The van der Waals surface area contributed by atoms with E-state index in [0.717, 1.165) is 37.0 Å². The summed E-state index contributed by atoms with van der Waals surface area (Å²) in [6.07, 6.45) is 5.07. The molecule has 1 aliphatic carbocycles. The van der Waals surface area contributed by atoms with Crippen molar-refractivity contribution >= 4 is 17.8 Å². The maximum atomic E-state index is 12.8. The number of urea groups is 1. The third-order valence-electron chi connectivity index (χ3n) is 5.81. The summed E-state index contributed by atoms with van der Waals surface area (Å²) in [5.41, 5.74) is -1.97. The number of nitriles is 1. The average Bonchev–Trinajstić information content (AvgIpc) is 2.79. The first-order chi connectivity index (χ1) is 11.6. The van der Waals surface area contributed by atoms with E-state index >= 15 is 0 Å². The smallest absolute Gasteiger partial charge is 0.325 e. The normalized spacial score (nSPS) is 27.0. The molecule has 0 spiro atoms. The van der Waals surface area contributed by atoms with E-state index < -0.39 is 23.0 Å². The van der Waals surface area contributed by atoms with E-state index in [1.807, 2.05) is 13.8 Å². The third-order valence-corrected chi connectivity index (χ3v) is 5.81. The molecule has 0 aromatic rings. The van der Waals surface area contributed by atoms with Crippen molar-refractivity contribution in [3.05, 3.63) is 0 Å². The highest BCUT2D eigenvalue weighted by molar-refractivity contribution is 6.09. The quantitative estimate of drug-likeness (QED) is 0.741. The fraction of sp³-hybridized carbons (Fsp3) is 0.778. The van der Waals surface area contributed by atoms with E-state index in [2.05, 4.69) is 16.7 Å². The minimum atomic E-state index is -1.04. The number of carbonyl (C=O) groups is 3. The van der Waals surface area contributed by atoms with Crippen LogP contribution in [0, 0.1) is 23.2 Å². The molecule has 2 aliphatic rings. The molecular formula is C18H28N4O3. The van der Waals surface area contributed by atoms with Gasteiger partial charge in [-0.1, -0.05) is 33.1 Å². The van der Waals surface area contributed by atoms with Crippen LogP contribution in [-0.2, 0) is 9.59 Å². The number of imide groups is 1. The van der Waals surface area contributed by atoms with E-state index in [1.54, 1.807) is 13.8 Å². The summed E-state index contributed by atoms with van der Waals surface area (Å²) < 4.78 is 0. The predicted molar refractivity (Wildman–Crippen MR) is 92.2 cm³/mol. The van der Waals surface area contributed by atoms with Gasteiger partial charge in [-0.3, -0.25) is 14.5 Å². The molecular weight excluding hydrogens is 320 g/mol. The van der Waals surface area contributed by atoms with Gasteiger partial charge >= 0.3 is 6.03 Å². The zero-order chi connectivity index (χ0) is 18.8. The average molecular weight is 348 g/mol. The molecule has 1 saturated carbocycles. The maximum absolute atomic E-state index is 12.8. The third kappa shape index (κ3) is 3.63. The van der Waals surface area contributed by atoms with Crippen LogP contribution >= 0.6 is 0 Å². The number of rotatable bonds is 5. The van der Waals surface area contributed by atoms with Gasteiger partial charge in [0.2, 0.25) is 5.91 Å². The first-order valence-corrected chi connectivity index (χ1v) is 9.00. The van der Waals surface area contributed by atoms with Gasteiger partial charge in [0.15, 0.2) is 0 Å². The second-order valence-electron chi connectivity index (χ2n) is 7.88. The number of carbonyl (C=O) groups excluding carboxylic acids is 3. The second-order valence-corrected chi connectivity index (χ2v) is 7.88. The van der Waals surface area contributed by atoms with Gasteiger partial charge in [0.25, 0.3) is 5.91 Å². The molecule has 0 aromatic heterocycles. The lowest BCUT2D eigenvalue weighted by Crippen LogP contribution is -2.53. The van der Waals surface area contributed by atoms with E-state index in [1.165, 1.54) is 0 Å². The van der Waals surface area contributed by atoms with Crippen molar-refractivity contribution < 1.29 is 14.4 Å². The van der Waals surface area contributed by atoms with Crippen LogP contribution in [0.2, 0.25) is 0 Å². The van der Waals surface area contributed by atoms with Gasteiger partial charge in [-0.15, -0.1) is 0 Å². The molecule has 7 heteroatoms. The van der Waals surface area contributed by atoms with Crippen molar-refractivity contribution in [1.29, 1.82) is 5.26 Å². The fourth-order valence-electron chi connectivity index (χ4n) is 3.59. The Bertz CT molecular complexity index is 606. The Balaban J connectivity index is 2.08. The zero-order valence-corrected chi connectivity index (χ0v) is 15.5. The highest BCUT2D eigenvalue weighted by Gasteiger charge is 2.52. The largest absolute Gasteiger partial charge is 0.336 e. The van der Waals surface area contributed by atoms with E-state index in [9.17, 15) is 19.6 Å². The lowest BCUT2D eigenvalue weighted by atomic mass is 9.75. The van der Waals surface area contributed by atoms with Gasteiger partial charge < -0.3 is 10.6 Å². The summed E-state index contributed by atoms with van der Waals surface area (Å²) >= 11 is 0. The van der Waals surface area contributed by atoms with E-state index in [4.69, 9.17) is 0 Å². The summed E-state index contributed by atoms with van der Waals surface area (Å²) in [6.45, 7) is 6.69. The summed E-state index contributed by atoms with van der Waals surface area (Å²) in [7, 11) is 0. The van der Waals surface area contributed by atoms with Crippen LogP contribution in [-0.4, -0.2) is 40.4 Å². The van der Waals surface area contributed by atoms with Gasteiger partial charge in [-0.2, -0.15) is 5.26 Å². The summed E-state index contributed by atoms with van der Waals surface area (Å²) in [6, 6.07) is 1.56. The Kier molecular flexibility index (Phi) is 5.40. The molecule has 1 saturated heterocycles. The van der Waals surface area contributed by atoms with Gasteiger partial charge in [0, 0.05) is 0 Å². The van der Waals surface area contributed by atoms with Crippen LogP contribution in [0.1, 0.15) is 59.8 Å². The van der Waals surface area contributed by atoms with Crippen LogP contribution in [0.5, 0.6) is 0 Å². The molecule has 2 rings (SSSR count). The van der Waals surface area contributed by atoms with Crippen LogP contribution < -0.4 is 10.6 Å². The SMILES string of the molecule is CC(C)[C@](C)(C#N)NC(=O)CN1C(=O)N[C@](C)(C2CCCCC2)C1=O. The summed E-state index contributed by atoms with van der Waals surface area (Å²) in [5, 5.41) is 14.7. The number of nitrogens with one attached hydrogen (secondary N) is 2. The Morgan fingerprint density at radius 1 is 1.40 bits per heavy atom. The molecule has 4 amide bonds. The molecule has 25 heavy (non-hydrogen) atoms. The lowest BCUT2D eigenvalue weighted by Gasteiger charge is -2.34. The van der Waals surface area contributed by atoms with Gasteiger partial charge in [-0.25, -0.2) is 4.79 Å². The molecule has 0 aromatic carbocycles. The van der Waals surface area contributed by atoms with Crippen molar-refractivity contribution in [3.8, 4) is 6.07 Å². The first-order valence-electron chi connectivity index (χ1n) is 9.00. The number of hydrogen-bond donors (Lipinski definition) is 2. The monoisotopic (exact) mass is 348 g/mol. The molecule has 138 valence electrons. The molecule has 0 bridgehead atoms. The highest BCUT2D eigenvalue weighted by Crippen LogP contribution is 2.36. The maximum Gasteiger partial charge on any atom is 0.325 e. The Morgan fingerprint density at radius 3 is 2.52 bits per heavy atom. The minimum absolute atomic E-state index is 0.0999. The van der Waals surface area contributed by atoms with E-state index in [0.29, 0.717) is 0 Å². The lowest BCUT2D eigenvalue weighted by molar-refractivity contribution is -0.136. The Hall–Kier alpha value is -2.10. The van der Waals surface area contributed by atoms with E-state index in [-0.39, 0.29) is 24.3 Å². The van der Waals surface area contributed by atoms with Crippen molar-refractivity contribution in [3.63, 3.8) is 0 Å². The molecule has 1 aliphatic heterocycles. The Morgan fingerprint density at radius 2 is 2.00 bits per heavy atom. The molecule has 2 atom stereocenters.